The SMILES string of the molecule is NNC(Cc1cc(Cl)cc2c1OCC2)C1CCS(=O)(=O)C1. The second-order valence-electron chi connectivity index (χ2n) is 5.79. The van der Waals surface area contributed by atoms with Gasteiger partial charge < -0.3 is 4.74 Å². The zero-order valence-electron chi connectivity index (χ0n) is 11.6. The van der Waals surface area contributed by atoms with Gasteiger partial charge in [0.15, 0.2) is 9.84 Å². The van der Waals surface area contributed by atoms with Crippen molar-refractivity contribution in [1.82, 2.24) is 5.43 Å². The lowest BCUT2D eigenvalue weighted by Gasteiger charge is -2.22. The third-order valence-corrected chi connectivity index (χ3v) is 6.33. The predicted octanol–water partition coefficient (Wildman–Crippen LogP) is 1.08. The van der Waals surface area contributed by atoms with E-state index < -0.39 is 9.84 Å². The first-order valence-electron chi connectivity index (χ1n) is 7.09. The van der Waals surface area contributed by atoms with Crippen molar-refractivity contribution in [3.8, 4) is 5.75 Å². The molecule has 7 heteroatoms. The van der Waals surface area contributed by atoms with Gasteiger partial charge in [0.25, 0.3) is 0 Å². The fourth-order valence-electron chi connectivity index (χ4n) is 3.24. The molecule has 21 heavy (non-hydrogen) atoms. The van der Waals surface area contributed by atoms with Crippen LogP contribution in [-0.2, 0) is 22.7 Å². The fourth-order valence-corrected chi connectivity index (χ4v) is 5.38. The first kappa shape index (κ1) is 15.1. The topological polar surface area (TPSA) is 81.4 Å². The van der Waals surface area contributed by atoms with E-state index in [1.165, 1.54) is 0 Å². The van der Waals surface area contributed by atoms with Crippen LogP contribution in [0.4, 0.5) is 0 Å². The van der Waals surface area contributed by atoms with Crippen LogP contribution < -0.4 is 16.0 Å². The number of nitrogens with one attached hydrogen (secondary N) is 1. The van der Waals surface area contributed by atoms with Crippen LogP contribution in [0, 0.1) is 5.92 Å². The molecule has 0 amide bonds. The van der Waals surface area contributed by atoms with Gasteiger partial charge in [0.1, 0.15) is 5.75 Å². The van der Waals surface area contributed by atoms with Gasteiger partial charge in [0.2, 0.25) is 0 Å². The largest absolute Gasteiger partial charge is 0.493 e. The molecule has 0 spiro atoms. The Labute approximate surface area is 129 Å². The van der Waals surface area contributed by atoms with Crippen molar-refractivity contribution in [3.63, 3.8) is 0 Å². The summed E-state index contributed by atoms with van der Waals surface area (Å²) in [4.78, 5) is 0. The monoisotopic (exact) mass is 330 g/mol. The van der Waals surface area contributed by atoms with Crippen LogP contribution in [0.1, 0.15) is 17.5 Å². The Balaban J connectivity index is 1.82. The van der Waals surface area contributed by atoms with E-state index in [2.05, 4.69) is 5.43 Å². The maximum Gasteiger partial charge on any atom is 0.150 e. The van der Waals surface area contributed by atoms with Gasteiger partial charge in [-0.15, -0.1) is 0 Å². The molecule has 2 unspecified atom stereocenters. The van der Waals surface area contributed by atoms with Gasteiger partial charge >= 0.3 is 0 Å². The van der Waals surface area contributed by atoms with Gasteiger partial charge in [-0.25, -0.2) is 8.42 Å². The maximum atomic E-state index is 11.6. The molecule has 5 nitrogen and oxygen atoms in total. The summed E-state index contributed by atoms with van der Waals surface area (Å²) in [5, 5.41) is 0.684. The summed E-state index contributed by atoms with van der Waals surface area (Å²) in [6.07, 6.45) is 2.14. The second kappa shape index (κ2) is 5.76. The second-order valence-corrected chi connectivity index (χ2v) is 8.46. The molecule has 3 rings (SSSR count). The number of benzene rings is 1. The first-order chi connectivity index (χ1) is 9.98. The third kappa shape index (κ3) is 3.18. The summed E-state index contributed by atoms with van der Waals surface area (Å²) >= 11 is 6.16. The highest BCUT2D eigenvalue weighted by Crippen LogP contribution is 2.35. The van der Waals surface area contributed by atoms with Gasteiger partial charge in [-0.1, -0.05) is 11.6 Å². The van der Waals surface area contributed by atoms with Crippen LogP contribution in [-0.4, -0.2) is 32.6 Å². The molecule has 2 aliphatic heterocycles. The van der Waals surface area contributed by atoms with E-state index in [-0.39, 0.29) is 23.5 Å². The normalized spacial score (nSPS) is 24.6. The Bertz CT molecular complexity index is 648. The van der Waals surface area contributed by atoms with Crippen molar-refractivity contribution in [3.05, 3.63) is 28.3 Å². The van der Waals surface area contributed by atoms with Crippen molar-refractivity contribution < 1.29 is 13.2 Å². The van der Waals surface area contributed by atoms with Crippen molar-refractivity contribution in [2.75, 3.05) is 18.1 Å². The van der Waals surface area contributed by atoms with E-state index in [1.54, 1.807) is 0 Å². The Morgan fingerprint density at radius 1 is 1.48 bits per heavy atom. The van der Waals surface area contributed by atoms with Crippen LogP contribution >= 0.6 is 11.6 Å². The summed E-state index contributed by atoms with van der Waals surface area (Å²) in [5.41, 5.74) is 4.90. The summed E-state index contributed by atoms with van der Waals surface area (Å²) in [6, 6.07) is 3.73. The summed E-state index contributed by atoms with van der Waals surface area (Å²) < 4.78 is 29.0. The molecule has 1 saturated heterocycles. The molecule has 2 aliphatic rings. The van der Waals surface area contributed by atoms with Gasteiger partial charge in [0.05, 0.1) is 18.1 Å². The molecule has 1 aromatic rings. The number of ether oxygens (including phenoxy) is 1. The number of halogens is 1. The molecule has 0 saturated carbocycles. The smallest absolute Gasteiger partial charge is 0.150 e. The van der Waals surface area contributed by atoms with E-state index in [1.807, 2.05) is 12.1 Å². The van der Waals surface area contributed by atoms with Gasteiger partial charge in [-0.05, 0) is 42.0 Å². The van der Waals surface area contributed by atoms with E-state index >= 15 is 0 Å². The van der Waals surface area contributed by atoms with Crippen LogP contribution in [0.3, 0.4) is 0 Å². The maximum absolute atomic E-state index is 11.6. The zero-order chi connectivity index (χ0) is 15.0. The Kier molecular flexibility index (Phi) is 4.14. The molecule has 0 aromatic heterocycles. The molecule has 116 valence electrons. The Morgan fingerprint density at radius 3 is 2.95 bits per heavy atom. The zero-order valence-corrected chi connectivity index (χ0v) is 13.2. The standard InChI is InChI=1S/C14H19ClN2O3S/c15-12-5-9-1-3-20-14(9)11(6-12)7-13(17-16)10-2-4-21(18,19)8-10/h5-6,10,13,17H,1-4,7-8,16H2. The molecule has 2 heterocycles. The third-order valence-electron chi connectivity index (χ3n) is 4.32. The van der Waals surface area contributed by atoms with Gasteiger partial charge in [-0.3, -0.25) is 11.3 Å². The number of rotatable bonds is 4. The summed E-state index contributed by atoms with van der Waals surface area (Å²) in [7, 11) is -2.92. The van der Waals surface area contributed by atoms with Crippen LogP contribution in [0.5, 0.6) is 5.75 Å². The van der Waals surface area contributed by atoms with Crippen molar-refractivity contribution in [2.24, 2.45) is 11.8 Å². The summed E-state index contributed by atoms with van der Waals surface area (Å²) in [5.74, 6) is 7.03. The summed E-state index contributed by atoms with van der Waals surface area (Å²) in [6.45, 7) is 0.668. The minimum Gasteiger partial charge on any atom is -0.493 e. The predicted molar refractivity (Wildman–Crippen MR) is 82.2 cm³/mol. The molecule has 2 atom stereocenters. The van der Waals surface area contributed by atoms with Gasteiger partial charge in [-0.2, -0.15) is 0 Å². The molecule has 3 N–H and O–H groups in total. The molecular weight excluding hydrogens is 312 g/mol. The lowest BCUT2D eigenvalue weighted by Crippen LogP contribution is -2.43. The quantitative estimate of drug-likeness (QED) is 0.638. The Morgan fingerprint density at radius 2 is 2.29 bits per heavy atom. The van der Waals surface area contributed by atoms with Crippen LogP contribution in [0.25, 0.3) is 0 Å². The molecule has 1 fully saturated rings. The van der Waals surface area contributed by atoms with Crippen molar-refractivity contribution in [2.45, 2.75) is 25.3 Å². The molecule has 1 aromatic carbocycles. The van der Waals surface area contributed by atoms with Crippen molar-refractivity contribution >= 4 is 21.4 Å². The van der Waals surface area contributed by atoms with Crippen molar-refractivity contribution in [1.29, 1.82) is 0 Å². The number of sulfone groups is 1. The van der Waals surface area contributed by atoms with E-state index in [4.69, 9.17) is 22.2 Å². The minimum atomic E-state index is -2.92. The number of fused-ring (bicyclic) bond motifs is 1. The lowest BCUT2D eigenvalue weighted by molar-refractivity contribution is 0.344. The highest BCUT2D eigenvalue weighted by molar-refractivity contribution is 7.91. The average molecular weight is 331 g/mol. The lowest BCUT2D eigenvalue weighted by atomic mass is 9.92. The molecule has 0 radical (unpaired) electrons. The minimum absolute atomic E-state index is 0.0380. The number of hydrazine groups is 1. The molecule has 0 aliphatic carbocycles. The van der Waals surface area contributed by atoms with E-state index in [0.29, 0.717) is 24.5 Å². The first-order valence-corrected chi connectivity index (χ1v) is 9.29. The molecule has 0 bridgehead atoms. The molecular formula is C14H19ClN2O3S. The van der Waals surface area contributed by atoms with E-state index in [0.717, 1.165) is 23.3 Å². The van der Waals surface area contributed by atoms with Gasteiger partial charge in [0, 0.05) is 17.5 Å². The van der Waals surface area contributed by atoms with Crippen LogP contribution in [0.2, 0.25) is 5.02 Å². The van der Waals surface area contributed by atoms with Crippen LogP contribution in [0.15, 0.2) is 12.1 Å². The van der Waals surface area contributed by atoms with E-state index in [9.17, 15) is 8.42 Å². The fraction of sp³-hybridized carbons (Fsp3) is 0.571. The number of nitrogens with two attached hydrogens (primary N) is 1. The number of hydrogen-bond acceptors (Lipinski definition) is 5. The Hall–Kier alpha value is -0.820. The number of hydrogen-bond donors (Lipinski definition) is 2. The highest BCUT2D eigenvalue weighted by Gasteiger charge is 2.34. The highest BCUT2D eigenvalue weighted by atomic mass is 35.5. The average Bonchev–Trinajstić information content (AvgIpc) is 3.01.